The quantitative estimate of drug-likeness (QED) is 0.776. The number of benzene rings is 1. The fraction of sp³-hybridized carbons (Fsp3) is 0.600. The molecule has 0 atom stereocenters. The van der Waals surface area contributed by atoms with Crippen molar-refractivity contribution in [3.05, 3.63) is 29.3 Å². The average molecular weight is 247 g/mol. The highest BCUT2D eigenvalue weighted by molar-refractivity contribution is 5.45. The smallest absolute Gasteiger partial charge is 0.168 e. The molecule has 98 valence electrons. The third kappa shape index (κ3) is 2.13. The molecular weight excluding hydrogens is 226 g/mol. The second kappa shape index (κ2) is 4.56. The van der Waals surface area contributed by atoms with Gasteiger partial charge in [0.05, 0.1) is 13.2 Å². The van der Waals surface area contributed by atoms with Crippen molar-refractivity contribution in [1.82, 2.24) is 0 Å². The van der Waals surface area contributed by atoms with Gasteiger partial charge in [-0.05, 0) is 48.9 Å². The van der Waals surface area contributed by atoms with Crippen molar-refractivity contribution < 1.29 is 9.47 Å². The van der Waals surface area contributed by atoms with Gasteiger partial charge in [-0.1, -0.05) is 6.07 Å². The summed E-state index contributed by atoms with van der Waals surface area (Å²) in [5.41, 5.74) is 9.52. The van der Waals surface area contributed by atoms with E-state index in [0.717, 1.165) is 44.6 Å². The van der Waals surface area contributed by atoms with Gasteiger partial charge in [-0.3, -0.25) is 0 Å². The van der Waals surface area contributed by atoms with Gasteiger partial charge in [0.15, 0.2) is 5.79 Å². The highest BCUT2D eigenvalue weighted by Gasteiger charge is 2.40. The second-order valence-corrected chi connectivity index (χ2v) is 5.50. The number of aryl methyl sites for hydroxylation is 1. The van der Waals surface area contributed by atoms with Crippen LogP contribution in [0.15, 0.2) is 18.2 Å². The minimum absolute atomic E-state index is 0.259. The summed E-state index contributed by atoms with van der Waals surface area (Å²) >= 11 is 0. The van der Waals surface area contributed by atoms with Gasteiger partial charge in [-0.15, -0.1) is 0 Å². The predicted molar refractivity (Wildman–Crippen MR) is 71.4 cm³/mol. The monoisotopic (exact) mass is 247 g/mol. The Bertz CT molecular complexity index is 428. The first-order chi connectivity index (χ1) is 8.69. The normalized spacial score (nSPS) is 23.6. The standard InChI is InChI=1S/C15H21NO2/c1-11-2-3-13(16)10-14(11)12-4-6-15(7-5-12)17-8-9-18-15/h2-3,10,12H,4-9,16H2,1H3. The zero-order valence-electron chi connectivity index (χ0n) is 10.9. The molecule has 18 heavy (non-hydrogen) atoms. The van der Waals surface area contributed by atoms with E-state index in [4.69, 9.17) is 15.2 Å². The lowest BCUT2D eigenvalue weighted by molar-refractivity contribution is -0.178. The van der Waals surface area contributed by atoms with Crippen LogP contribution < -0.4 is 5.73 Å². The Kier molecular flexibility index (Phi) is 3.04. The number of ether oxygens (including phenoxy) is 2. The van der Waals surface area contributed by atoms with E-state index in [0.29, 0.717) is 5.92 Å². The van der Waals surface area contributed by atoms with Crippen LogP contribution in [-0.2, 0) is 9.47 Å². The van der Waals surface area contributed by atoms with Crippen molar-refractivity contribution >= 4 is 5.69 Å². The van der Waals surface area contributed by atoms with E-state index >= 15 is 0 Å². The van der Waals surface area contributed by atoms with Gasteiger partial charge in [0, 0.05) is 18.5 Å². The van der Waals surface area contributed by atoms with Gasteiger partial charge in [0.25, 0.3) is 0 Å². The van der Waals surface area contributed by atoms with Crippen LogP contribution in [0.3, 0.4) is 0 Å². The van der Waals surface area contributed by atoms with E-state index in [1.54, 1.807) is 0 Å². The van der Waals surface area contributed by atoms with E-state index in [1.807, 2.05) is 6.07 Å². The summed E-state index contributed by atoms with van der Waals surface area (Å²) in [6, 6.07) is 6.23. The molecule has 0 radical (unpaired) electrons. The van der Waals surface area contributed by atoms with Crippen molar-refractivity contribution in [2.45, 2.75) is 44.3 Å². The van der Waals surface area contributed by atoms with Crippen molar-refractivity contribution in [1.29, 1.82) is 0 Å². The zero-order chi connectivity index (χ0) is 12.6. The summed E-state index contributed by atoms with van der Waals surface area (Å²) in [7, 11) is 0. The summed E-state index contributed by atoms with van der Waals surface area (Å²) in [5, 5.41) is 0. The van der Waals surface area contributed by atoms with Gasteiger partial charge in [0.2, 0.25) is 0 Å². The molecule has 1 heterocycles. The Hall–Kier alpha value is -1.06. The SMILES string of the molecule is Cc1ccc(N)cc1C1CCC2(CC1)OCCO2. The van der Waals surface area contributed by atoms with Gasteiger partial charge >= 0.3 is 0 Å². The number of nitrogen functional groups attached to an aromatic ring is 1. The molecular formula is C15H21NO2. The molecule has 1 aromatic rings. The molecule has 2 N–H and O–H groups in total. The van der Waals surface area contributed by atoms with Gasteiger partial charge in [-0.25, -0.2) is 0 Å². The molecule has 1 spiro atoms. The first-order valence-corrected chi connectivity index (χ1v) is 6.82. The van der Waals surface area contributed by atoms with Crippen molar-refractivity contribution in [3.8, 4) is 0 Å². The van der Waals surface area contributed by atoms with E-state index < -0.39 is 0 Å². The minimum atomic E-state index is -0.259. The summed E-state index contributed by atoms with van der Waals surface area (Å²) in [6.07, 6.45) is 4.27. The third-order valence-corrected chi connectivity index (χ3v) is 4.30. The van der Waals surface area contributed by atoms with E-state index in [1.165, 1.54) is 11.1 Å². The summed E-state index contributed by atoms with van der Waals surface area (Å²) in [4.78, 5) is 0. The van der Waals surface area contributed by atoms with Gasteiger partial charge in [0.1, 0.15) is 0 Å². The lowest BCUT2D eigenvalue weighted by Gasteiger charge is -2.36. The van der Waals surface area contributed by atoms with Gasteiger partial charge in [-0.2, -0.15) is 0 Å². The van der Waals surface area contributed by atoms with Crippen molar-refractivity contribution in [2.75, 3.05) is 18.9 Å². The summed E-state index contributed by atoms with van der Waals surface area (Å²) < 4.78 is 11.5. The molecule has 3 nitrogen and oxygen atoms in total. The Morgan fingerprint density at radius 1 is 1.17 bits per heavy atom. The van der Waals surface area contributed by atoms with E-state index in [9.17, 15) is 0 Å². The number of rotatable bonds is 1. The van der Waals surface area contributed by atoms with E-state index in [2.05, 4.69) is 19.1 Å². The Balaban J connectivity index is 1.74. The lowest BCUT2D eigenvalue weighted by Crippen LogP contribution is -2.34. The Morgan fingerprint density at radius 3 is 2.50 bits per heavy atom. The molecule has 3 rings (SSSR count). The Labute approximate surface area is 108 Å². The maximum Gasteiger partial charge on any atom is 0.168 e. The largest absolute Gasteiger partial charge is 0.399 e. The van der Waals surface area contributed by atoms with Crippen molar-refractivity contribution in [2.24, 2.45) is 0 Å². The molecule has 1 aliphatic heterocycles. The molecule has 1 aliphatic carbocycles. The van der Waals surface area contributed by atoms with Crippen LogP contribution in [0.25, 0.3) is 0 Å². The van der Waals surface area contributed by atoms with Crippen LogP contribution in [0.2, 0.25) is 0 Å². The fourth-order valence-corrected chi connectivity index (χ4v) is 3.25. The fourth-order valence-electron chi connectivity index (χ4n) is 3.25. The minimum Gasteiger partial charge on any atom is -0.399 e. The number of anilines is 1. The average Bonchev–Trinajstić information content (AvgIpc) is 2.82. The maximum absolute atomic E-state index is 5.90. The second-order valence-electron chi connectivity index (χ2n) is 5.50. The highest BCUT2D eigenvalue weighted by Crippen LogP contribution is 2.43. The molecule has 3 heteroatoms. The number of nitrogens with two attached hydrogens (primary N) is 1. The summed E-state index contributed by atoms with van der Waals surface area (Å²) in [6.45, 7) is 3.67. The molecule has 0 bridgehead atoms. The Morgan fingerprint density at radius 2 is 1.83 bits per heavy atom. The molecule has 1 aromatic carbocycles. The zero-order valence-corrected chi connectivity index (χ0v) is 10.9. The topological polar surface area (TPSA) is 44.5 Å². The van der Waals surface area contributed by atoms with Crippen molar-refractivity contribution in [3.63, 3.8) is 0 Å². The molecule has 1 saturated heterocycles. The molecule has 1 saturated carbocycles. The molecule has 0 unspecified atom stereocenters. The highest BCUT2D eigenvalue weighted by atomic mass is 16.7. The lowest BCUT2D eigenvalue weighted by atomic mass is 9.79. The molecule has 0 amide bonds. The summed E-state index contributed by atoms with van der Waals surface area (Å²) in [5.74, 6) is 0.344. The van der Waals surface area contributed by atoms with Crippen LogP contribution in [-0.4, -0.2) is 19.0 Å². The maximum atomic E-state index is 5.90. The number of hydrogen-bond donors (Lipinski definition) is 1. The van der Waals surface area contributed by atoms with E-state index in [-0.39, 0.29) is 5.79 Å². The predicted octanol–water partition coefficient (Wildman–Crippen LogP) is 2.98. The van der Waals surface area contributed by atoms with Crippen LogP contribution in [0.1, 0.15) is 42.7 Å². The van der Waals surface area contributed by atoms with Crippen LogP contribution in [0.4, 0.5) is 5.69 Å². The third-order valence-electron chi connectivity index (χ3n) is 4.30. The van der Waals surface area contributed by atoms with Crippen LogP contribution >= 0.6 is 0 Å². The van der Waals surface area contributed by atoms with Gasteiger partial charge < -0.3 is 15.2 Å². The molecule has 2 fully saturated rings. The van der Waals surface area contributed by atoms with Crippen LogP contribution in [0.5, 0.6) is 0 Å². The first kappa shape index (κ1) is 12.0. The number of hydrogen-bond acceptors (Lipinski definition) is 3. The molecule has 0 aromatic heterocycles. The van der Waals surface area contributed by atoms with Crippen LogP contribution in [0, 0.1) is 6.92 Å². The molecule has 2 aliphatic rings. The first-order valence-electron chi connectivity index (χ1n) is 6.82.